The van der Waals surface area contributed by atoms with Crippen molar-refractivity contribution in [3.8, 4) is 22.5 Å². The number of benzene rings is 2. The molecule has 0 unspecified atom stereocenters. The number of nitrogens with zero attached hydrogens (tertiary/aromatic N) is 2. The van der Waals surface area contributed by atoms with Gasteiger partial charge >= 0.3 is 5.97 Å². The molecule has 6 heteroatoms. The molecule has 2 heterocycles. The first-order chi connectivity index (χ1) is 13.1. The number of aliphatic carboxylic acids is 1. The van der Waals surface area contributed by atoms with Gasteiger partial charge in [0.2, 0.25) is 0 Å². The summed E-state index contributed by atoms with van der Waals surface area (Å²) in [4.78, 5) is 17.7. The van der Waals surface area contributed by atoms with Crippen molar-refractivity contribution in [1.82, 2.24) is 9.38 Å². The Morgan fingerprint density at radius 1 is 1.11 bits per heavy atom. The third-order valence-electron chi connectivity index (χ3n) is 4.46. The number of halogens is 1. The van der Waals surface area contributed by atoms with Crippen molar-refractivity contribution in [3.05, 3.63) is 71.0 Å². The van der Waals surface area contributed by atoms with Gasteiger partial charge in [-0.15, -0.1) is 11.3 Å². The second-order valence-corrected chi connectivity index (χ2v) is 7.26. The molecule has 0 saturated carbocycles. The van der Waals surface area contributed by atoms with Crippen LogP contribution in [0.2, 0.25) is 0 Å². The number of aryl methyl sites for hydroxylation is 1. The largest absolute Gasteiger partial charge is 0.481 e. The first kappa shape index (κ1) is 17.4. The van der Waals surface area contributed by atoms with Gasteiger partial charge in [-0.25, -0.2) is 9.37 Å². The third kappa shape index (κ3) is 3.13. The van der Waals surface area contributed by atoms with Crippen LogP contribution in [-0.4, -0.2) is 20.5 Å². The smallest absolute Gasteiger partial charge is 0.308 e. The van der Waals surface area contributed by atoms with E-state index in [9.17, 15) is 14.3 Å². The van der Waals surface area contributed by atoms with Gasteiger partial charge in [0.1, 0.15) is 5.82 Å². The number of thiazole rings is 1. The molecule has 0 atom stereocenters. The van der Waals surface area contributed by atoms with Gasteiger partial charge in [0, 0.05) is 10.4 Å². The number of hydrogen-bond donors (Lipinski definition) is 1. The lowest BCUT2D eigenvalue weighted by molar-refractivity contribution is -0.136. The van der Waals surface area contributed by atoms with Crippen molar-refractivity contribution in [2.75, 3.05) is 0 Å². The van der Waals surface area contributed by atoms with Gasteiger partial charge in [0.15, 0.2) is 4.96 Å². The van der Waals surface area contributed by atoms with Crippen LogP contribution in [0.4, 0.5) is 4.39 Å². The van der Waals surface area contributed by atoms with Crippen LogP contribution in [0.25, 0.3) is 27.5 Å². The maximum atomic E-state index is 13.3. The average molecular weight is 380 g/mol. The minimum atomic E-state index is -0.867. The molecule has 0 radical (unpaired) electrons. The molecular weight excluding hydrogens is 363 g/mol. The molecule has 0 fully saturated rings. The highest BCUT2D eigenvalue weighted by Gasteiger charge is 2.22. The normalized spacial score (nSPS) is 11.2. The molecule has 27 heavy (non-hydrogen) atoms. The van der Waals surface area contributed by atoms with Crippen LogP contribution in [0.1, 0.15) is 17.5 Å². The van der Waals surface area contributed by atoms with Gasteiger partial charge in [-0.2, -0.15) is 0 Å². The molecule has 4 aromatic rings. The molecule has 0 aliphatic heterocycles. The summed E-state index contributed by atoms with van der Waals surface area (Å²) in [7, 11) is 0. The Labute approximate surface area is 159 Å². The van der Waals surface area contributed by atoms with E-state index in [-0.39, 0.29) is 12.2 Å². The summed E-state index contributed by atoms with van der Waals surface area (Å²) < 4.78 is 15.4. The van der Waals surface area contributed by atoms with Crippen molar-refractivity contribution >= 4 is 22.3 Å². The van der Waals surface area contributed by atoms with E-state index in [4.69, 9.17) is 4.98 Å². The van der Waals surface area contributed by atoms with E-state index >= 15 is 0 Å². The topological polar surface area (TPSA) is 54.6 Å². The zero-order chi connectivity index (χ0) is 19.0. The van der Waals surface area contributed by atoms with E-state index in [0.29, 0.717) is 0 Å². The zero-order valence-electron chi connectivity index (χ0n) is 14.6. The van der Waals surface area contributed by atoms with Crippen LogP contribution < -0.4 is 0 Å². The van der Waals surface area contributed by atoms with Crippen LogP contribution in [0.15, 0.2) is 54.6 Å². The Morgan fingerprint density at radius 3 is 2.44 bits per heavy atom. The third-order valence-corrected chi connectivity index (χ3v) is 5.50. The number of carboxylic acid groups (broad SMARTS) is 1. The Bertz CT molecular complexity index is 1110. The molecule has 2 aromatic heterocycles. The number of fused-ring (bicyclic) bond motifs is 1. The SMILES string of the molecule is CCc1c(-c2ccc(F)cc2)nc2sc(CC(=O)O)c(-c3ccccc3)n12. The highest BCUT2D eigenvalue weighted by atomic mass is 32.1. The lowest BCUT2D eigenvalue weighted by Gasteiger charge is -2.08. The molecule has 2 aromatic carbocycles. The van der Waals surface area contributed by atoms with E-state index in [0.717, 1.165) is 44.5 Å². The second kappa shape index (κ2) is 6.96. The summed E-state index contributed by atoms with van der Waals surface area (Å²) >= 11 is 1.39. The van der Waals surface area contributed by atoms with Gasteiger partial charge in [-0.1, -0.05) is 37.3 Å². The standard InChI is InChI=1S/C21H17FN2O2S/c1-2-16-19(13-8-10-15(22)11-9-13)23-21-24(16)20(14-6-4-3-5-7-14)17(27-21)12-18(25)26/h3-11H,2,12H2,1H3,(H,25,26). The van der Waals surface area contributed by atoms with Crippen LogP contribution in [0, 0.1) is 5.82 Å². The Morgan fingerprint density at radius 2 is 1.81 bits per heavy atom. The van der Waals surface area contributed by atoms with E-state index in [1.165, 1.54) is 23.5 Å². The van der Waals surface area contributed by atoms with Gasteiger partial charge in [0.25, 0.3) is 0 Å². The van der Waals surface area contributed by atoms with Crippen molar-refractivity contribution in [1.29, 1.82) is 0 Å². The lowest BCUT2D eigenvalue weighted by atomic mass is 10.1. The van der Waals surface area contributed by atoms with Crippen molar-refractivity contribution < 1.29 is 14.3 Å². The first-order valence-electron chi connectivity index (χ1n) is 8.64. The van der Waals surface area contributed by atoms with Crippen molar-refractivity contribution in [2.24, 2.45) is 0 Å². The minimum Gasteiger partial charge on any atom is -0.481 e. The molecule has 1 N–H and O–H groups in total. The van der Waals surface area contributed by atoms with E-state index in [1.54, 1.807) is 12.1 Å². The summed E-state index contributed by atoms with van der Waals surface area (Å²) in [6, 6.07) is 16.1. The Balaban J connectivity index is 1.99. The minimum absolute atomic E-state index is 0.0483. The first-order valence-corrected chi connectivity index (χ1v) is 9.46. The molecule has 0 aliphatic carbocycles. The maximum absolute atomic E-state index is 13.3. The van der Waals surface area contributed by atoms with Crippen LogP contribution >= 0.6 is 11.3 Å². The summed E-state index contributed by atoms with van der Waals surface area (Å²) in [6.45, 7) is 2.04. The zero-order valence-corrected chi connectivity index (χ0v) is 15.5. The highest BCUT2D eigenvalue weighted by molar-refractivity contribution is 7.17. The molecule has 4 rings (SSSR count). The maximum Gasteiger partial charge on any atom is 0.308 e. The predicted molar refractivity (Wildman–Crippen MR) is 105 cm³/mol. The van der Waals surface area contributed by atoms with Crippen molar-refractivity contribution in [2.45, 2.75) is 19.8 Å². The molecule has 0 spiro atoms. The molecule has 4 nitrogen and oxygen atoms in total. The van der Waals surface area contributed by atoms with E-state index < -0.39 is 5.97 Å². The quantitative estimate of drug-likeness (QED) is 0.527. The molecule has 136 valence electrons. The monoisotopic (exact) mass is 380 g/mol. The molecule has 0 aliphatic rings. The van der Waals surface area contributed by atoms with E-state index in [1.807, 2.05) is 37.3 Å². The Hall–Kier alpha value is -2.99. The van der Waals surface area contributed by atoms with Gasteiger partial charge in [-0.3, -0.25) is 9.20 Å². The number of carboxylic acids is 1. The van der Waals surface area contributed by atoms with E-state index in [2.05, 4.69) is 4.40 Å². The second-order valence-electron chi connectivity index (χ2n) is 6.20. The van der Waals surface area contributed by atoms with Gasteiger partial charge < -0.3 is 5.11 Å². The number of aromatic nitrogens is 2. The fourth-order valence-electron chi connectivity index (χ4n) is 3.32. The summed E-state index contributed by atoms with van der Waals surface area (Å²) in [5.74, 6) is -1.15. The fraction of sp³-hybridized carbons (Fsp3) is 0.143. The van der Waals surface area contributed by atoms with Gasteiger partial charge in [-0.05, 0) is 36.2 Å². The Kier molecular flexibility index (Phi) is 4.49. The van der Waals surface area contributed by atoms with Crippen LogP contribution in [0.5, 0.6) is 0 Å². The van der Waals surface area contributed by atoms with Crippen LogP contribution in [0.3, 0.4) is 0 Å². The van der Waals surface area contributed by atoms with Crippen molar-refractivity contribution in [3.63, 3.8) is 0 Å². The fourth-order valence-corrected chi connectivity index (χ4v) is 4.47. The molecule has 0 saturated heterocycles. The summed E-state index contributed by atoms with van der Waals surface area (Å²) in [5, 5.41) is 9.33. The number of carbonyl (C=O) groups is 1. The summed E-state index contributed by atoms with van der Waals surface area (Å²) in [5.41, 5.74) is 4.47. The lowest BCUT2D eigenvalue weighted by Crippen LogP contribution is -2.02. The summed E-state index contributed by atoms with van der Waals surface area (Å²) in [6.07, 6.45) is 0.671. The predicted octanol–water partition coefficient (Wildman–Crippen LogP) is 5.06. The highest BCUT2D eigenvalue weighted by Crippen LogP contribution is 2.37. The molecule has 0 amide bonds. The average Bonchev–Trinajstić information content (AvgIpc) is 3.17. The molecule has 0 bridgehead atoms. The van der Waals surface area contributed by atoms with Gasteiger partial charge in [0.05, 0.1) is 23.5 Å². The molecular formula is C21H17FN2O2S. The van der Waals surface area contributed by atoms with Crippen LogP contribution in [-0.2, 0) is 17.6 Å². The number of rotatable bonds is 5. The number of hydrogen-bond acceptors (Lipinski definition) is 3. The number of imidazole rings is 1.